The molecule has 0 aromatic heterocycles. The number of nitrogens with one attached hydrogen (secondary N) is 2. The molecule has 16 heavy (non-hydrogen) atoms. The van der Waals surface area contributed by atoms with Crippen LogP contribution in [0.3, 0.4) is 0 Å². The highest BCUT2D eigenvalue weighted by Crippen LogP contribution is 2.13. The van der Waals surface area contributed by atoms with Crippen LogP contribution in [0.1, 0.15) is 17.3 Å². The number of amides is 1. The Morgan fingerprint density at radius 1 is 1.44 bits per heavy atom. The maximum absolute atomic E-state index is 12.8. The van der Waals surface area contributed by atoms with Crippen LogP contribution >= 0.6 is 22.6 Å². The molecule has 1 amide bonds. The van der Waals surface area contributed by atoms with E-state index in [1.54, 1.807) is 0 Å². The van der Waals surface area contributed by atoms with Crippen molar-refractivity contribution in [1.82, 2.24) is 10.6 Å². The molecule has 0 saturated heterocycles. The fraction of sp³-hybridized carbons (Fsp3) is 0.364. The zero-order valence-electron chi connectivity index (χ0n) is 9.02. The zero-order valence-corrected chi connectivity index (χ0v) is 11.2. The summed E-state index contributed by atoms with van der Waals surface area (Å²) >= 11 is 1.95. The number of rotatable bonds is 5. The normalized spacial score (nSPS) is 10.2. The molecule has 1 rings (SSSR count). The molecule has 0 atom stereocenters. The third kappa shape index (κ3) is 4.05. The first-order chi connectivity index (χ1) is 7.65. The lowest BCUT2D eigenvalue weighted by Gasteiger charge is -2.07. The van der Waals surface area contributed by atoms with Crippen LogP contribution in [0.25, 0.3) is 0 Å². The van der Waals surface area contributed by atoms with Crippen molar-refractivity contribution >= 4 is 28.5 Å². The number of likely N-dealkylation sites (N-methyl/N-ethyl adjacent to an activating group) is 1. The average molecular weight is 336 g/mol. The van der Waals surface area contributed by atoms with Crippen LogP contribution < -0.4 is 10.6 Å². The lowest BCUT2D eigenvalue weighted by Crippen LogP contribution is -2.32. The molecule has 0 unspecified atom stereocenters. The molecule has 0 radical (unpaired) electrons. The minimum atomic E-state index is -0.325. The predicted octanol–water partition coefficient (Wildman–Crippen LogP) is 1.77. The van der Waals surface area contributed by atoms with Crippen molar-refractivity contribution < 1.29 is 9.18 Å². The number of halogens is 2. The molecule has 0 aliphatic rings. The molecule has 0 saturated carbocycles. The first-order valence-electron chi connectivity index (χ1n) is 5.09. The van der Waals surface area contributed by atoms with Gasteiger partial charge >= 0.3 is 0 Å². The van der Waals surface area contributed by atoms with Crippen LogP contribution in [0.15, 0.2) is 18.2 Å². The molecule has 1 aromatic carbocycles. The van der Waals surface area contributed by atoms with Crippen molar-refractivity contribution in [2.24, 2.45) is 0 Å². The highest BCUT2D eigenvalue weighted by atomic mass is 127. The number of carbonyl (C=O) groups is 1. The summed E-state index contributed by atoms with van der Waals surface area (Å²) < 4.78 is 13.4. The van der Waals surface area contributed by atoms with E-state index in [4.69, 9.17) is 0 Å². The molecule has 5 heteroatoms. The summed E-state index contributed by atoms with van der Waals surface area (Å²) in [5.74, 6) is -0.490. The summed E-state index contributed by atoms with van der Waals surface area (Å²) in [6, 6.07) is 4.14. The zero-order chi connectivity index (χ0) is 12.0. The topological polar surface area (TPSA) is 41.1 Å². The van der Waals surface area contributed by atoms with E-state index >= 15 is 0 Å². The minimum absolute atomic E-state index is 0.165. The molecular weight excluding hydrogens is 322 g/mol. The van der Waals surface area contributed by atoms with Gasteiger partial charge in [0.2, 0.25) is 0 Å². The lowest BCUT2D eigenvalue weighted by molar-refractivity contribution is 0.0953. The average Bonchev–Trinajstić information content (AvgIpc) is 2.24. The van der Waals surface area contributed by atoms with Crippen LogP contribution in [-0.4, -0.2) is 25.5 Å². The van der Waals surface area contributed by atoms with E-state index in [0.29, 0.717) is 15.7 Å². The molecule has 0 bridgehead atoms. The Kier molecular flexibility index (Phi) is 5.68. The minimum Gasteiger partial charge on any atom is -0.351 e. The van der Waals surface area contributed by atoms with Gasteiger partial charge in [0.25, 0.3) is 5.91 Å². The third-order valence-electron chi connectivity index (χ3n) is 2.01. The van der Waals surface area contributed by atoms with Crippen molar-refractivity contribution in [2.75, 3.05) is 19.6 Å². The van der Waals surface area contributed by atoms with E-state index in [2.05, 4.69) is 10.6 Å². The van der Waals surface area contributed by atoms with Gasteiger partial charge < -0.3 is 10.6 Å². The van der Waals surface area contributed by atoms with E-state index in [9.17, 15) is 9.18 Å². The van der Waals surface area contributed by atoms with Crippen LogP contribution in [0, 0.1) is 9.39 Å². The number of carbonyl (C=O) groups excluding carboxylic acids is 1. The monoisotopic (exact) mass is 336 g/mol. The Balaban J connectivity index is 2.53. The van der Waals surface area contributed by atoms with Crippen molar-refractivity contribution in [1.29, 1.82) is 0 Å². The Morgan fingerprint density at radius 3 is 2.81 bits per heavy atom. The van der Waals surface area contributed by atoms with E-state index in [1.807, 2.05) is 29.5 Å². The standard InChI is InChI=1S/C11H14FIN2O/c1-2-14-5-6-15-11(16)9-4-3-8(12)7-10(9)13/h3-4,7,14H,2,5-6H2,1H3,(H,15,16). The largest absolute Gasteiger partial charge is 0.351 e. The van der Waals surface area contributed by atoms with Gasteiger partial charge in [-0.05, 0) is 47.3 Å². The SMILES string of the molecule is CCNCCNC(=O)c1ccc(F)cc1I. The second-order valence-electron chi connectivity index (χ2n) is 3.23. The van der Waals surface area contributed by atoms with Crippen LogP contribution in [-0.2, 0) is 0 Å². The highest BCUT2D eigenvalue weighted by Gasteiger charge is 2.09. The summed E-state index contributed by atoms with van der Waals surface area (Å²) in [7, 11) is 0. The second kappa shape index (κ2) is 6.80. The van der Waals surface area contributed by atoms with Crippen molar-refractivity contribution in [3.63, 3.8) is 0 Å². The van der Waals surface area contributed by atoms with Crippen molar-refractivity contribution in [3.05, 3.63) is 33.1 Å². The van der Waals surface area contributed by atoms with Crippen LogP contribution in [0.4, 0.5) is 4.39 Å². The first kappa shape index (κ1) is 13.4. The smallest absolute Gasteiger partial charge is 0.252 e. The van der Waals surface area contributed by atoms with Gasteiger partial charge in [0.05, 0.1) is 5.56 Å². The summed E-state index contributed by atoms with van der Waals surface area (Å²) in [4.78, 5) is 11.7. The van der Waals surface area contributed by atoms with E-state index in [-0.39, 0.29) is 11.7 Å². The molecule has 0 spiro atoms. The van der Waals surface area contributed by atoms with Crippen LogP contribution in [0.5, 0.6) is 0 Å². The first-order valence-corrected chi connectivity index (χ1v) is 6.17. The molecule has 0 heterocycles. The van der Waals surface area contributed by atoms with Gasteiger partial charge in [-0.15, -0.1) is 0 Å². The summed E-state index contributed by atoms with van der Waals surface area (Å²) in [6.45, 7) is 4.19. The Morgan fingerprint density at radius 2 is 2.19 bits per heavy atom. The Labute approximate surface area is 108 Å². The molecule has 0 fully saturated rings. The van der Waals surface area contributed by atoms with Crippen LogP contribution in [0.2, 0.25) is 0 Å². The fourth-order valence-electron chi connectivity index (χ4n) is 1.21. The van der Waals surface area contributed by atoms with Gasteiger partial charge in [-0.3, -0.25) is 4.79 Å². The van der Waals surface area contributed by atoms with Crippen molar-refractivity contribution in [2.45, 2.75) is 6.92 Å². The Bertz CT molecular complexity index is 371. The van der Waals surface area contributed by atoms with Gasteiger partial charge in [0.15, 0.2) is 0 Å². The summed E-state index contributed by atoms with van der Waals surface area (Å²) in [5, 5.41) is 5.87. The summed E-state index contributed by atoms with van der Waals surface area (Å²) in [6.07, 6.45) is 0. The van der Waals surface area contributed by atoms with E-state index < -0.39 is 0 Å². The number of benzene rings is 1. The predicted molar refractivity (Wildman–Crippen MR) is 70.0 cm³/mol. The maximum atomic E-state index is 12.8. The second-order valence-corrected chi connectivity index (χ2v) is 4.40. The molecule has 88 valence electrons. The third-order valence-corrected chi connectivity index (χ3v) is 2.91. The maximum Gasteiger partial charge on any atom is 0.252 e. The van der Waals surface area contributed by atoms with E-state index in [1.165, 1.54) is 18.2 Å². The van der Waals surface area contributed by atoms with Gasteiger partial charge in [-0.2, -0.15) is 0 Å². The summed E-state index contributed by atoms with van der Waals surface area (Å²) in [5.41, 5.74) is 0.512. The molecule has 0 aliphatic carbocycles. The fourth-order valence-corrected chi connectivity index (χ4v) is 1.93. The molecule has 1 aromatic rings. The lowest BCUT2D eigenvalue weighted by atomic mass is 10.2. The van der Waals surface area contributed by atoms with Gasteiger partial charge in [0.1, 0.15) is 5.82 Å². The van der Waals surface area contributed by atoms with Gasteiger partial charge in [0, 0.05) is 16.7 Å². The molecule has 0 aliphatic heterocycles. The molecular formula is C11H14FIN2O. The number of hydrogen-bond donors (Lipinski definition) is 2. The van der Waals surface area contributed by atoms with E-state index in [0.717, 1.165) is 13.1 Å². The number of hydrogen-bond acceptors (Lipinski definition) is 2. The Hall–Kier alpha value is -0.690. The van der Waals surface area contributed by atoms with Crippen molar-refractivity contribution in [3.8, 4) is 0 Å². The molecule has 2 N–H and O–H groups in total. The highest BCUT2D eigenvalue weighted by molar-refractivity contribution is 14.1. The van der Waals surface area contributed by atoms with Gasteiger partial charge in [-0.1, -0.05) is 6.92 Å². The molecule has 3 nitrogen and oxygen atoms in total. The quantitative estimate of drug-likeness (QED) is 0.636. The van der Waals surface area contributed by atoms with Gasteiger partial charge in [-0.25, -0.2) is 4.39 Å².